The van der Waals surface area contributed by atoms with Crippen LogP contribution in [0.5, 0.6) is 0 Å². The summed E-state index contributed by atoms with van der Waals surface area (Å²) in [4.78, 5) is 17.4. The Morgan fingerprint density at radius 1 is 0.750 bits per heavy atom. The van der Waals surface area contributed by atoms with Gasteiger partial charge in [-0.05, 0) is 17.7 Å². The number of rotatable bonds is 3. The summed E-state index contributed by atoms with van der Waals surface area (Å²) in [6.45, 7) is 0.255. The van der Waals surface area contributed by atoms with Gasteiger partial charge in [-0.15, -0.1) is 0 Å². The molecule has 3 aromatic carbocycles. The maximum Gasteiger partial charge on any atom is 0.339 e. The van der Waals surface area contributed by atoms with Crippen molar-refractivity contribution in [3.05, 3.63) is 90.0 Å². The summed E-state index contributed by atoms with van der Waals surface area (Å²) in [5.41, 5.74) is 3.13. The van der Waals surface area contributed by atoms with E-state index < -0.39 is 0 Å². The van der Waals surface area contributed by atoms with E-state index >= 15 is 0 Å². The van der Waals surface area contributed by atoms with Gasteiger partial charge in [0.05, 0.1) is 16.6 Å². The number of fused-ring (bicyclic) bond motifs is 2. The topological polar surface area (TPSA) is 39.2 Å². The van der Waals surface area contributed by atoms with Crippen LogP contribution in [0.15, 0.2) is 78.9 Å². The zero-order valence-electron chi connectivity index (χ0n) is 13.0. The summed E-state index contributed by atoms with van der Waals surface area (Å²) < 4.78 is 5.56. The Labute approximate surface area is 139 Å². The number of benzene rings is 3. The van der Waals surface area contributed by atoms with E-state index in [0.29, 0.717) is 5.56 Å². The zero-order valence-corrected chi connectivity index (χ0v) is 13.0. The second kappa shape index (κ2) is 6.13. The Balaban J connectivity index is 1.79. The van der Waals surface area contributed by atoms with Crippen molar-refractivity contribution >= 4 is 27.8 Å². The van der Waals surface area contributed by atoms with E-state index in [4.69, 9.17) is 4.74 Å². The standard InChI is InChI=1S/C21H15NO2/c23-21(24-14-15-8-2-1-3-9-15)20-16-10-4-6-12-18(16)22-19-13-7-5-11-17(19)20/h1-13H,14H2. The molecule has 0 aliphatic carbocycles. The highest BCUT2D eigenvalue weighted by molar-refractivity contribution is 6.14. The average Bonchev–Trinajstić information content (AvgIpc) is 2.65. The fraction of sp³-hybridized carbons (Fsp3) is 0.0476. The molecule has 4 aromatic rings. The molecule has 0 saturated heterocycles. The van der Waals surface area contributed by atoms with Crippen molar-refractivity contribution in [2.75, 3.05) is 0 Å². The van der Waals surface area contributed by atoms with E-state index in [-0.39, 0.29) is 12.6 Å². The molecule has 1 heterocycles. The first-order valence-electron chi connectivity index (χ1n) is 7.81. The Bertz CT molecular complexity index is 972. The van der Waals surface area contributed by atoms with Gasteiger partial charge in [-0.25, -0.2) is 9.78 Å². The lowest BCUT2D eigenvalue weighted by atomic mass is 10.0. The number of hydrogen-bond acceptors (Lipinski definition) is 3. The molecule has 0 saturated carbocycles. The van der Waals surface area contributed by atoms with Crippen molar-refractivity contribution in [2.45, 2.75) is 6.61 Å². The molecule has 0 radical (unpaired) electrons. The number of nitrogens with zero attached hydrogens (tertiary/aromatic N) is 1. The van der Waals surface area contributed by atoms with Crippen LogP contribution in [0.1, 0.15) is 15.9 Å². The van der Waals surface area contributed by atoms with E-state index in [0.717, 1.165) is 27.4 Å². The lowest BCUT2D eigenvalue weighted by molar-refractivity contribution is 0.0477. The Morgan fingerprint density at radius 2 is 1.29 bits per heavy atom. The first-order valence-corrected chi connectivity index (χ1v) is 7.81. The van der Waals surface area contributed by atoms with E-state index in [1.165, 1.54) is 0 Å². The molecule has 0 fully saturated rings. The molecular formula is C21H15NO2. The lowest BCUT2D eigenvalue weighted by Gasteiger charge is -2.11. The summed E-state index contributed by atoms with van der Waals surface area (Å²) in [6.07, 6.45) is 0. The molecule has 4 rings (SSSR count). The number of para-hydroxylation sites is 2. The number of esters is 1. The van der Waals surface area contributed by atoms with Crippen LogP contribution in [-0.4, -0.2) is 11.0 Å². The van der Waals surface area contributed by atoms with Crippen LogP contribution in [0.3, 0.4) is 0 Å². The summed E-state index contributed by atoms with van der Waals surface area (Å²) in [5, 5.41) is 1.63. The molecule has 3 heteroatoms. The first kappa shape index (κ1) is 14.4. The molecule has 24 heavy (non-hydrogen) atoms. The number of hydrogen-bond donors (Lipinski definition) is 0. The van der Waals surface area contributed by atoms with Gasteiger partial charge in [-0.1, -0.05) is 66.7 Å². The average molecular weight is 313 g/mol. The van der Waals surface area contributed by atoms with Crippen LogP contribution < -0.4 is 0 Å². The molecule has 0 aliphatic heterocycles. The lowest BCUT2D eigenvalue weighted by Crippen LogP contribution is -2.07. The monoisotopic (exact) mass is 313 g/mol. The highest BCUT2D eigenvalue weighted by Crippen LogP contribution is 2.26. The van der Waals surface area contributed by atoms with Crippen LogP contribution >= 0.6 is 0 Å². The van der Waals surface area contributed by atoms with Crippen LogP contribution in [0, 0.1) is 0 Å². The number of ether oxygens (including phenoxy) is 1. The van der Waals surface area contributed by atoms with Crippen LogP contribution in [0.2, 0.25) is 0 Å². The van der Waals surface area contributed by atoms with Crippen molar-refractivity contribution in [2.24, 2.45) is 0 Å². The molecule has 0 aliphatic rings. The molecule has 0 amide bonds. The van der Waals surface area contributed by atoms with E-state index in [1.54, 1.807) is 0 Å². The molecule has 0 unspecified atom stereocenters. The predicted molar refractivity (Wildman–Crippen MR) is 94.8 cm³/mol. The van der Waals surface area contributed by atoms with Gasteiger partial charge < -0.3 is 4.74 Å². The van der Waals surface area contributed by atoms with Gasteiger partial charge in [-0.3, -0.25) is 0 Å². The van der Waals surface area contributed by atoms with Crippen molar-refractivity contribution < 1.29 is 9.53 Å². The van der Waals surface area contributed by atoms with Crippen molar-refractivity contribution in [1.29, 1.82) is 0 Å². The molecule has 1 aromatic heterocycles. The summed E-state index contributed by atoms with van der Waals surface area (Å²) in [7, 11) is 0. The molecule has 3 nitrogen and oxygen atoms in total. The van der Waals surface area contributed by atoms with Gasteiger partial charge in [0.2, 0.25) is 0 Å². The first-order chi connectivity index (χ1) is 11.8. The fourth-order valence-corrected chi connectivity index (χ4v) is 2.86. The normalized spacial score (nSPS) is 10.8. The van der Waals surface area contributed by atoms with Crippen molar-refractivity contribution in [3.63, 3.8) is 0 Å². The van der Waals surface area contributed by atoms with Gasteiger partial charge in [0.25, 0.3) is 0 Å². The minimum absolute atomic E-state index is 0.255. The Morgan fingerprint density at radius 3 is 1.92 bits per heavy atom. The van der Waals surface area contributed by atoms with Gasteiger partial charge in [0, 0.05) is 10.8 Å². The molecule has 0 spiro atoms. The van der Waals surface area contributed by atoms with Crippen molar-refractivity contribution in [3.8, 4) is 0 Å². The Kier molecular flexibility index (Phi) is 3.67. The number of carbonyl (C=O) groups is 1. The van der Waals surface area contributed by atoms with E-state index in [2.05, 4.69) is 4.98 Å². The number of carbonyl (C=O) groups excluding carboxylic acids is 1. The fourth-order valence-electron chi connectivity index (χ4n) is 2.86. The number of aromatic nitrogens is 1. The van der Waals surface area contributed by atoms with Crippen LogP contribution in [-0.2, 0) is 11.3 Å². The molecule has 0 bridgehead atoms. The van der Waals surface area contributed by atoms with Gasteiger partial charge in [-0.2, -0.15) is 0 Å². The predicted octanol–water partition coefficient (Wildman–Crippen LogP) is 4.75. The van der Waals surface area contributed by atoms with E-state index in [1.807, 2.05) is 78.9 Å². The summed E-state index contributed by atoms with van der Waals surface area (Å²) in [5.74, 6) is -0.325. The third kappa shape index (κ3) is 2.61. The molecule has 0 atom stereocenters. The Hall–Kier alpha value is -3.20. The zero-order chi connectivity index (χ0) is 16.4. The summed E-state index contributed by atoms with van der Waals surface area (Å²) >= 11 is 0. The quantitative estimate of drug-likeness (QED) is 0.405. The van der Waals surface area contributed by atoms with Gasteiger partial charge in [0.1, 0.15) is 6.61 Å². The highest BCUT2D eigenvalue weighted by Gasteiger charge is 2.17. The summed E-state index contributed by atoms with van der Waals surface area (Å²) in [6, 6.07) is 25.0. The number of pyridine rings is 1. The highest BCUT2D eigenvalue weighted by atomic mass is 16.5. The second-order valence-corrected chi connectivity index (χ2v) is 5.58. The largest absolute Gasteiger partial charge is 0.457 e. The van der Waals surface area contributed by atoms with E-state index in [9.17, 15) is 4.79 Å². The van der Waals surface area contributed by atoms with Crippen molar-refractivity contribution in [1.82, 2.24) is 4.98 Å². The minimum atomic E-state index is -0.325. The second-order valence-electron chi connectivity index (χ2n) is 5.58. The molecule has 0 N–H and O–H groups in total. The van der Waals surface area contributed by atoms with Gasteiger partial charge in [0.15, 0.2) is 0 Å². The smallest absolute Gasteiger partial charge is 0.339 e. The maximum atomic E-state index is 12.8. The molecular weight excluding hydrogens is 298 g/mol. The van der Waals surface area contributed by atoms with Crippen LogP contribution in [0.25, 0.3) is 21.8 Å². The maximum absolute atomic E-state index is 12.8. The SMILES string of the molecule is O=C(OCc1ccccc1)c1c2ccccc2nc2ccccc12. The molecule has 116 valence electrons. The van der Waals surface area contributed by atoms with Crippen LogP contribution in [0.4, 0.5) is 0 Å². The minimum Gasteiger partial charge on any atom is -0.457 e. The third-order valence-electron chi connectivity index (χ3n) is 4.00. The third-order valence-corrected chi connectivity index (χ3v) is 4.00. The van der Waals surface area contributed by atoms with Gasteiger partial charge >= 0.3 is 5.97 Å².